The van der Waals surface area contributed by atoms with Crippen LogP contribution in [0.3, 0.4) is 0 Å². The van der Waals surface area contributed by atoms with Crippen LogP contribution in [0.2, 0.25) is 5.02 Å². The molecule has 7 nitrogen and oxygen atoms in total. The molecule has 2 amide bonds. The minimum Gasteiger partial charge on any atom is -0.344 e. The van der Waals surface area contributed by atoms with Crippen molar-refractivity contribution in [3.05, 3.63) is 81.9 Å². The number of benzene rings is 1. The molecule has 3 aromatic rings. The quantitative estimate of drug-likeness (QED) is 0.375. The molecular weight excluding hydrogens is 402 g/mol. The van der Waals surface area contributed by atoms with E-state index >= 15 is 0 Å². The van der Waals surface area contributed by atoms with Crippen LogP contribution in [0.5, 0.6) is 0 Å². The Morgan fingerprint density at radius 1 is 1.10 bits per heavy atom. The maximum Gasteiger partial charge on any atom is 0.329 e. The summed E-state index contributed by atoms with van der Waals surface area (Å²) in [5.41, 5.74) is 7.81. The highest BCUT2D eigenvalue weighted by molar-refractivity contribution is 6.35. The van der Waals surface area contributed by atoms with Gasteiger partial charge in [0.05, 0.1) is 6.21 Å². The van der Waals surface area contributed by atoms with Crippen LogP contribution in [0.15, 0.2) is 53.9 Å². The number of rotatable bonds is 5. The monoisotopic (exact) mass is 423 g/mol. The molecule has 2 aromatic heterocycles. The summed E-state index contributed by atoms with van der Waals surface area (Å²) in [5, 5.41) is 7.15. The molecule has 3 rings (SSSR count). The van der Waals surface area contributed by atoms with Gasteiger partial charge in [0.25, 0.3) is 0 Å². The number of hydrogen-bond donors (Lipinski definition) is 2. The second-order valence-electron chi connectivity index (χ2n) is 6.83. The van der Waals surface area contributed by atoms with E-state index in [1.165, 1.54) is 6.21 Å². The molecule has 8 heteroatoms. The van der Waals surface area contributed by atoms with Gasteiger partial charge in [-0.3, -0.25) is 14.6 Å². The Morgan fingerprint density at radius 3 is 2.53 bits per heavy atom. The fraction of sp³-hybridized carbons (Fsp3) is 0.182. The smallest absolute Gasteiger partial charge is 0.329 e. The number of hydrogen-bond acceptors (Lipinski definition) is 4. The van der Waals surface area contributed by atoms with Gasteiger partial charge in [0.15, 0.2) is 0 Å². The van der Waals surface area contributed by atoms with Crippen LogP contribution >= 0.6 is 11.6 Å². The SMILES string of the molecule is Cc1ccc(-n2c(C)cc(/C=N\NC(=O)C(=O)NCc3ccncc3)c2C)cc1Cl. The Kier molecular flexibility index (Phi) is 6.64. The molecule has 0 unspecified atom stereocenters. The zero-order valence-corrected chi connectivity index (χ0v) is 17.7. The average molecular weight is 424 g/mol. The topological polar surface area (TPSA) is 88.4 Å². The van der Waals surface area contributed by atoms with Gasteiger partial charge < -0.3 is 9.88 Å². The van der Waals surface area contributed by atoms with E-state index in [2.05, 4.69) is 25.4 Å². The summed E-state index contributed by atoms with van der Waals surface area (Å²) in [4.78, 5) is 27.7. The van der Waals surface area contributed by atoms with E-state index in [-0.39, 0.29) is 6.54 Å². The first-order chi connectivity index (χ1) is 14.4. The van der Waals surface area contributed by atoms with E-state index in [0.29, 0.717) is 5.02 Å². The Bertz CT molecular complexity index is 1110. The average Bonchev–Trinajstić information content (AvgIpc) is 3.02. The minimum absolute atomic E-state index is 0.235. The highest BCUT2D eigenvalue weighted by atomic mass is 35.5. The molecule has 0 saturated carbocycles. The molecule has 2 N–H and O–H groups in total. The van der Waals surface area contributed by atoms with Gasteiger partial charge in [0, 0.05) is 46.6 Å². The molecule has 0 spiro atoms. The van der Waals surface area contributed by atoms with Gasteiger partial charge in [-0.25, -0.2) is 5.43 Å². The van der Waals surface area contributed by atoms with Crippen LogP contribution in [0.4, 0.5) is 0 Å². The van der Waals surface area contributed by atoms with E-state index in [1.807, 2.05) is 45.0 Å². The fourth-order valence-electron chi connectivity index (χ4n) is 3.01. The molecule has 30 heavy (non-hydrogen) atoms. The largest absolute Gasteiger partial charge is 0.344 e. The molecule has 0 radical (unpaired) electrons. The highest BCUT2D eigenvalue weighted by Crippen LogP contribution is 2.24. The summed E-state index contributed by atoms with van der Waals surface area (Å²) < 4.78 is 2.05. The molecule has 2 heterocycles. The number of aromatic nitrogens is 2. The third-order valence-electron chi connectivity index (χ3n) is 4.66. The van der Waals surface area contributed by atoms with Gasteiger partial charge in [-0.05, 0) is 62.2 Å². The molecule has 0 aliphatic rings. The molecule has 0 aliphatic heterocycles. The number of amides is 2. The summed E-state index contributed by atoms with van der Waals surface area (Å²) in [5.74, 6) is -1.59. The molecular formula is C22H22ClN5O2. The first-order valence-electron chi connectivity index (χ1n) is 9.32. The standard InChI is InChI=1S/C22H22ClN5O2/c1-14-4-5-19(11-20(14)23)28-15(2)10-18(16(28)3)13-26-27-22(30)21(29)25-12-17-6-8-24-9-7-17/h4-11,13H,12H2,1-3H3,(H,25,29)(H,27,30)/b26-13-. The molecule has 1 aromatic carbocycles. The Hall–Kier alpha value is -3.45. The highest BCUT2D eigenvalue weighted by Gasteiger charge is 2.13. The maximum absolute atomic E-state index is 11.9. The second kappa shape index (κ2) is 9.37. The summed E-state index contributed by atoms with van der Waals surface area (Å²) >= 11 is 6.26. The van der Waals surface area contributed by atoms with Gasteiger partial charge in [-0.2, -0.15) is 5.10 Å². The number of aryl methyl sites for hydroxylation is 2. The summed E-state index contributed by atoms with van der Waals surface area (Å²) in [6, 6.07) is 11.3. The predicted molar refractivity (Wildman–Crippen MR) is 117 cm³/mol. The minimum atomic E-state index is -0.834. The van der Waals surface area contributed by atoms with Crippen molar-refractivity contribution in [1.82, 2.24) is 20.3 Å². The number of carbonyl (C=O) groups excluding carboxylic acids is 2. The van der Waals surface area contributed by atoms with E-state index in [0.717, 1.165) is 33.8 Å². The normalized spacial score (nSPS) is 10.9. The molecule has 0 fully saturated rings. The third kappa shape index (κ3) is 4.93. The van der Waals surface area contributed by atoms with E-state index in [4.69, 9.17) is 11.6 Å². The zero-order valence-electron chi connectivity index (χ0n) is 16.9. The van der Waals surface area contributed by atoms with Crippen molar-refractivity contribution in [3.63, 3.8) is 0 Å². The number of halogens is 1. The van der Waals surface area contributed by atoms with Gasteiger partial charge in [-0.1, -0.05) is 17.7 Å². The number of hydrazone groups is 1. The van der Waals surface area contributed by atoms with Crippen LogP contribution in [-0.4, -0.2) is 27.6 Å². The lowest BCUT2D eigenvalue weighted by molar-refractivity contribution is -0.139. The van der Waals surface area contributed by atoms with Gasteiger partial charge in [0.2, 0.25) is 0 Å². The molecule has 0 aliphatic carbocycles. The lowest BCUT2D eigenvalue weighted by atomic mass is 10.2. The zero-order chi connectivity index (χ0) is 21.7. The lowest BCUT2D eigenvalue weighted by Gasteiger charge is -2.11. The molecule has 0 atom stereocenters. The van der Waals surface area contributed by atoms with Crippen molar-refractivity contribution in [3.8, 4) is 5.69 Å². The molecule has 154 valence electrons. The first-order valence-corrected chi connectivity index (χ1v) is 9.70. The summed E-state index contributed by atoms with van der Waals surface area (Å²) in [6.07, 6.45) is 4.75. The Balaban J connectivity index is 1.64. The van der Waals surface area contributed by atoms with E-state index in [1.54, 1.807) is 24.5 Å². The van der Waals surface area contributed by atoms with Crippen molar-refractivity contribution in [1.29, 1.82) is 0 Å². The van der Waals surface area contributed by atoms with Crippen molar-refractivity contribution in [2.24, 2.45) is 5.10 Å². The number of nitrogens with zero attached hydrogens (tertiary/aromatic N) is 3. The fourth-order valence-corrected chi connectivity index (χ4v) is 3.19. The van der Waals surface area contributed by atoms with Crippen LogP contribution < -0.4 is 10.7 Å². The van der Waals surface area contributed by atoms with Gasteiger partial charge >= 0.3 is 11.8 Å². The van der Waals surface area contributed by atoms with Crippen LogP contribution in [0, 0.1) is 20.8 Å². The van der Waals surface area contributed by atoms with Crippen LogP contribution in [0.1, 0.15) is 28.1 Å². The maximum atomic E-state index is 11.9. The van der Waals surface area contributed by atoms with Crippen molar-refractivity contribution in [2.45, 2.75) is 27.3 Å². The van der Waals surface area contributed by atoms with Crippen molar-refractivity contribution >= 4 is 29.6 Å². The predicted octanol–water partition coefficient (Wildman–Crippen LogP) is 3.22. The molecule has 0 bridgehead atoms. The Labute approximate surface area is 179 Å². The van der Waals surface area contributed by atoms with Crippen LogP contribution in [0.25, 0.3) is 5.69 Å². The van der Waals surface area contributed by atoms with Gasteiger partial charge in [-0.15, -0.1) is 0 Å². The lowest BCUT2D eigenvalue weighted by Crippen LogP contribution is -2.37. The van der Waals surface area contributed by atoms with E-state index in [9.17, 15) is 9.59 Å². The number of nitrogens with one attached hydrogen (secondary N) is 2. The van der Waals surface area contributed by atoms with Gasteiger partial charge in [0.1, 0.15) is 0 Å². The van der Waals surface area contributed by atoms with Crippen molar-refractivity contribution < 1.29 is 9.59 Å². The van der Waals surface area contributed by atoms with Crippen LogP contribution in [-0.2, 0) is 16.1 Å². The Morgan fingerprint density at radius 2 is 1.83 bits per heavy atom. The molecule has 0 saturated heterocycles. The van der Waals surface area contributed by atoms with E-state index < -0.39 is 11.8 Å². The first kappa shape index (κ1) is 21.3. The second-order valence-corrected chi connectivity index (χ2v) is 7.24. The third-order valence-corrected chi connectivity index (χ3v) is 5.07. The summed E-state index contributed by atoms with van der Waals surface area (Å²) in [7, 11) is 0. The van der Waals surface area contributed by atoms with Crippen molar-refractivity contribution in [2.75, 3.05) is 0 Å². The number of pyridine rings is 1. The summed E-state index contributed by atoms with van der Waals surface area (Å²) in [6.45, 7) is 6.11. The number of carbonyl (C=O) groups is 2.